The van der Waals surface area contributed by atoms with Crippen molar-refractivity contribution in [3.05, 3.63) is 71.4 Å². The predicted molar refractivity (Wildman–Crippen MR) is 83.3 cm³/mol. The van der Waals surface area contributed by atoms with Gasteiger partial charge in [0.2, 0.25) is 0 Å². The van der Waals surface area contributed by atoms with E-state index in [-0.39, 0.29) is 5.75 Å². The minimum atomic E-state index is -0.626. The van der Waals surface area contributed by atoms with Crippen molar-refractivity contribution < 1.29 is 10.2 Å². The maximum absolute atomic E-state index is 10.6. The number of rotatable bonds is 3. The molecule has 3 nitrogen and oxygen atoms in total. The van der Waals surface area contributed by atoms with Gasteiger partial charge in [-0.15, -0.1) is 0 Å². The van der Waals surface area contributed by atoms with Crippen LogP contribution in [0.25, 0.3) is 10.9 Å². The van der Waals surface area contributed by atoms with Crippen molar-refractivity contribution in [2.45, 2.75) is 19.4 Å². The van der Waals surface area contributed by atoms with Crippen molar-refractivity contribution in [3.63, 3.8) is 0 Å². The monoisotopic (exact) mass is 279 g/mol. The quantitative estimate of drug-likeness (QED) is 0.771. The molecule has 3 aromatic rings. The van der Waals surface area contributed by atoms with Crippen LogP contribution in [0.1, 0.15) is 22.9 Å². The van der Waals surface area contributed by atoms with Crippen LogP contribution in [0.5, 0.6) is 5.75 Å². The van der Waals surface area contributed by atoms with Crippen molar-refractivity contribution in [3.8, 4) is 5.75 Å². The Morgan fingerprint density at radius 1 is 1.05 bits per heavy atom. The summed E-state index contributed by atoms with van der Waals surface area (Å²) in [4.78, 5) is 4.49. The summed E-state index contributed by atoms with van der Waals surface area (Å²) in [5.74, 6) is 0.218. The number of para-hydroxylation sites is 1. The Morgan fingerprint density at radius 3 is 2.67 bits per heavy atom. The third-order valence-electron chi connectivity index (χ3n) is 3.57. The van der Waals surface area contributed by atoms with E-state index in [4.69, 9.17) is 0 Å². The predicted octanol–water partition coefficient (Wildman–Crippen LogP) is 3.52. The molecule has 21 heavy (non-hydrogen) atoms. The fourth-order valence-corrected chi connectivity index (χ4v) is 2.63. The van der Waals surface area contributed by atoms with E-state index in [1.807, 2.05) is 43.3 Å². The number of nitrogens with zero attached hydrogens (tertiary/aromatic N) is 1. The molecular formula is C18H17NO2. The van der Waals surface area contributed by atoms with Crippen LogP contribution in [-0.2, 0) is 6.42 Å². The van der Waals surface area contributed by atoms with Gasteiger partial charge in [-0.3, -0.25) is 4.98 Å². The molecule has 0 spiro atoms. The van der Waals surface area contributed by atoms with E-state index in [1.54, 1.807) is 18.2 Å². The first-order chi connectivity index (χ1) is 10.1. The van der Waals surface area contributed by atoms with E-state index in [1.165, 1.54) is 0 Å². The number of phenolic OH excluding ortho intramolecular Hbond substituents is 1. The summed E-state index contributed by atoms with van der Waals surface area (Å²) in [5.41, 5.74) is 3.56. The van der Waals surface area contributed by atoms with Crippen molar-refractivity contribution in [1.29, 1.82) is 0 Å². The molecule has 0 aliphatic carbocycles. The first-order valence-electron chi connectivity index (χ1n) is 6.96. The van der Waals surface area contributed by atoms with Gasteiger partial charge in [-0.25, -0.2) is 0 Å². The van der Waals surface area contributed by atoms with Gasteiger partial charge in [0.1, 0.15) is 5.75 Å². The number of fused-ring (bicyclic) bond motifs is 1. The minimum absolute atomic E-state index is 0.218. The Hall–Kier alpha value is -2.39. The van der Waals surface area contributed by atoms with E-state index in [2.05, 4.69) is 4.98 Å². The van der Waals surface area contributed by atoms with Crippen LogP contribution >= 0.6 is 0 Å². The molecule has 1 aromatic heterocycles. The molecule has 0 radical (unpaired) electrons. The van der Waals surface area contributed by atoms with Gasteiger partial charge in [-0.05, 0) is 42.3 Å². The number of phenols is 1. The maximum Gasteiger partial charge on any atom is 0.115 e. The van der Waals surface area contributed by atoms with Crippen LogP contribution in [0.15, 0.2) is 54.6 Å². The molecule has 106 valence electrons. The molecule has 3 heteroatoms. The highest BCUT2D eigenvalue weighted by atomic mass is 16.3. The third kappa shape index (κ3) is 2.88. The number of aliphatic hydroxyl groups excluding tert-OH is 1. The summed E-state index contributed by atoms with van der Waals surface area (Å²) in [6.45, 7) is 1.93. The topological polar surface area (TPSA) is 53.4 Å². The Morgan fingerprint density at radius 2 is 1.86 bits per heavy atom. The molecule has 1 unspecified atom stereocenters. The zero-order valence-electron chi connectivity index (χ0n) is 11.8. The molecule has 0 saturated heterocycles. The highest BCUT2D eigenvalue weighted by molar-refractivity contribution is 5.82. The molecule has 1 heterocycles. The van der Waals surface area contributed by atoms with E-state index < -0.39 is 6.10 Å². The molecule has 0 aliphatic heterocycles. The van der Waals surface area contributed by atoms with Crippen LogP contribution in [0.3, 0.4) is 0 Å². The molecule has 2 aromatic carbocycles. The standard InChI is InChI=1S/C18H17NO2/c1-12-9-16(15-7-2-3-8-17(15)19-12)18(21)11-13-5-4-6-14(20)10-13/h2-10,18,20-21H,11H2,1H3. The molecule has 0 aliphatic rings. The van der Waals surface area contributed by atoms with Gasteiger partial charge >= 0.3 is 0 Å². The van der Waals surface area contributed by atoms with Gasteiger partial charge in [0.15, 0.2) is 0 Å². The van der Waals surface area contributed by atoms with Crippen molar-refractivity contribution in [2.24, 2.45) is 0 Å². The summed E-state index contributed by atoms with van der Waals surface area (Å²) in [6, 6.07) is 16.7. The summed E-state index contributed by atoms with van der Waals surface area (Å²) >= 11 is 0. The van der Waals surface area contributed by atoms with E-state index in [0.717, 1.165) is 27.7 Å². The molecule has 0 amide bonds. The van der Waals surface area contributed by atoms with E-state index >= 15 is 0 Å². The number of benzene rings is 2. The number of aromatic nitrogens is 1. The fraction of sp³-hybridized carbons (Fsp3) is 0.167. The lowest BCUT2D eigenvalue weighted by atomic mass is 9.97. The number of aryl methyl sites for hydroxylation is 1. The molecule has 0 saturated carbocycles. The molecule has 2 N–H and O–H groups in total. The van der Waals surface area contributed by atoms with Gasteiger partial charge in [-0.2, -0.15) is 0 Å². The van der Waals surface area contributed by atoms with Crippen LogP contribution in [0, 0.1) is 6.92 Å². The fourth-order valence-electron chi connectivity index (χ4n) is 2.63. The van der Waals surface area contributed by atoms with Crippen molar-refractivity contribution in [1.82, 2.24) is 4.98 Å². The third-order valence-corrected chi connectivity index (χ3v) is 3.57. The molecular weight excluding hydrogens is 262 g/mol. The van der Waals surface area contributed by atoms with Gasteiger partial charge in [0, 0.05) is 17.5 Å². The first-order valence-corrected chi connectivity index (χ1v) is 6.96. The summed E-state index contributed by atoms with van der Waals surface area (Å²) in [6.07, 6.45) is -0.166. The first kappa shape index (κ1) is 13.6. The van der Waals surface area contributed by atoms with Gasteiger partial charge < -0.3 is 10.2 Å². The van der Waals surface area contributed by atoms with Crippen LogP contribution in [0.4, 0.5) is 0 Å². The lowest BCUT2D eigenvalue weighted by Crippen LogP contribution is -2.04. The van der Waals surface area contributed by atoms with Gasteiger partial charge in [-0.1, -0.05) is 30.3 Å². The molecule has 1 atom stereocenters. The van der Waals surface area contributed by atoms with Crippen LogP contribution < -0.4 is 0 Å². The second-order valence-corrected chi connectivity index (χ2v) is 5.26. The van der Waals surface area contributed by atoms with Crippen LogP contribution in [-0.4, -0.2) is 15.2 Å². The number of hydrogen-bond donors (Lipinski definition) is 2. The second-order valence-electron chi connectivity index (χ2n) is 5.26. The average Bonchev–Trinajstić information content (AvgIpc) is 2.46. The minimum Gasteiger partial charge on any atom is -0.508 e. The van der Waals surface area contributed by atoms with Gasteiger partial charge in [0.05, 0.1) is 11.6 Å². The van der Waals surface area contributed by atoms with E-state index in [9.17, 15) is 10.2 Å². The SMILES string of the molecule is Cc1cc(C(O)Cc2cccc(O)c2)c2ccccc2n1. The number of hydrogen-bond acceptors (Lipinski definition) is 3. The molecule has 0 fully saturated rings. The number of aromatic hydroxyl groups is 1. The Labute approximate surface area is 123 Å². The summed E-state index contributed by atoms with van der Waals surface area (Å²) < 4.78 is 0. The lowest BCUT2D eigenvalue weighted by Gasteiger charge is -2.15. The molecule has 0 bridgehead atoms. The average molecular weight is 279 g/mol. The Kier molecular flexibility index (Phi) is 3.59. The maximum atomic E-state index is 10.6. The lowest BCUT2D eigenvalue weighted by molar-refractivity contribution is 0.180. The second kappa shape index (κ2) is 5.54. The molecule has 3 rings (SSSR count). The summed E-state index contributed by atoms with van der Waals surface area (Å²) in [7, 11) is 0. The summed E-state index contributed by atoms with van der Waals surface area (Å²) in [5, 5.41) is 21.1. The van der Waals surface area contributed by atoms with Crippen LogP contribution in [0.2, 0.25) is 0 Å². The number of aliphatic hydroxyl groups is 1. The normalized spacial score (nSPS) is 12.5. The smallest absolute Gasteiger partial charge is 0.115 e. The highest BCUT2D eigenvalue weighted by Crippen LogP contribution is 2.27. The number of pyridine rings is 1. The van der Waals surface area contributed by atoms with Crippen molar-refractivity contribution >= 4 is 10.9 Å². The Balaban J connectivity index is 1.99. The zero-order chi connectivity index (χ0) is 14.8. The highest BCUT2D eigenvalue weighted by Gasteiger charge is 2.13. The van der Waals surface area contributed by atoms with Gasteiger partial charge in [0.25, 0.3) is 0 Å². The largest absolute Gasteiger partial charge is 0.508 e. The van der Waals surface area contributed by atoms with E-state index in [0.29, 0.717) is 6.42 Å². The Bertz CT molecular complexity index is 783. The van der Waals surface area contributed by atoms with Crippen molar-refractivity contribution in [2.75, 3.05) is 0 Å². The zero-order valence-corrected chi connectivity index (χ0v) is 11.8.